The predicted octanol–water partition coefficient (Wildman–Crippen LogP) is 2.92. The lowest BCUT2D eigenvalue weighted by molar-refractivity contribution is -0.141. The van der Waals surface area contributed by atoms with Crippen molar-refractivity contribution < 1.29 is 24.2 Å². The van der Waals surface area contributed by atoms with Crippen LogP contribution in [0, 0.1) is 11.8 Å². The van der Waals surface area contributed by atoms with Crippen molar-refractivity contribution in [3.63, 3.8) is 0 Å². The van der Waals surface area contributed by atoms with Gasteiger partial charge in [0, 0.05) is 17.7 Å². The van der Waals surface area contributed by atoms with Crippen LogP contribution in [0.5, 0.6) is 11.5 Å². The molecule has 1 aliphatic rings. The molecule has 0 bridgehead atoms. The summed E-state index contributed by atoms with van der Waals surface area (Å²) in [5, 5.41) is 11.9. The number of hydrogen-bond acceptors (Lipinski definition) is 4. The van der Waals surface area contributed by atoms with Gasteiger partial charge in [0.05, 0.1) is 19.1 Å². The summed E-state index contributed by atoms with van der Waals surface area (Å²) in [4.78, 5) is 23.3. The first-order valence-electron chi connectivity index (χ1n) is 7.79. The predicted molar refractivity (Wildman–Crippen MR) is 85.9 cm³/mol. The van der Waals surface area contributed by atoms with Crippen LogP contribution in [0.3, 0.4) is 0 Å². The Balaban J connectivity index is 2.05. The Morgan fingerprint density at radius 1 is 1.22 bits per heavy atom. The Kier molecular flexibility index (Phi) is 5.47. The van der Waals surface area contributed by atoms with Gasteiger partial charge in [-0.1, -0.05) is 0 Å². The topological polar surface area (TPSA) is 84.9 Å². The summed E-state index contributed by atoms with van der Waals surface area (Å²) < 4.78 is 10.9. The third kappa shape index (κ3) is 4.37. The van der Waals surface area contributed by atoms with Crippen molar-refractivity contribution in [2.75, 3.05) is 12.4 Å². The third-order valence-corrected chi connectivity index (χ3v) is 3.95. The van der Waals surface area contributed by atoms with E-state index in [0.29, 0.717) is 36.4 Å². The van der Waals surface area contributed by atoms with Gasteiger partial charge in [-0.2, -0.15) is 0 Å². The van der Waals surface area contributed by atoms with Crippen molar-refractivity contribution in [1.29, 1.82) is 0 Å². The Hall–Kier alpha value is -2.24. The monoisotopic (exact) mass is 321 g/mol. The Morgan fingerprint density at radius 3 is 2.48 bits per heavy atom. The molecule has 1 aromatic rings. The maximum atomic E-state index is 12.3. The quantitative estimate of drug-likeness (QED) is 0.841. The summed E-state index contributed by atoms with van der Waals surface area (Å²) >= 11 is 0. The molecule has 23 heavy (non-hydrogen) atoms. The molecule has 6 heteroatoms. The highest BCUT2D eigenvalue weighted by molar-refractivity contribution is 5.93. The minimum absolute atomic E-state index is 0.0130. The number of amides is 1. The smallest absolute Gasteiger partial charge is 0.306 e. The first kappa shape index (κ1) is 17.1. The minimum Gasteiger partial charge on any atom is -0.493 e. The number of carboxylic acid groups (broad SMARTS) is 1. The van der Waals surface area contributed by atoms with Crippen LogP contribution in [0.4, 0.5) is 5.69 Å². The Labute approximate surface area is 135 Å². The highest BCUT2D eigenvalue weighted by Crippen LogP contribution is 2.34. The number of carboxylic acids is 1. The summed E-state index contributed by atoms with van der Waals surface area (Å²) in [6.45, 7) is 3.82. The SMILES string of the molecule is COc1ccc(NC(=O)[C@@H]2CC[C@H](C(=O)O)C2)cc1OC(C)C. The largest absolute Gasteiger partial charge is 0.493 e. The van der Waals surface area contributed by atoms with Gasteiger partial charge in [-0.05, 0) is 45.2 Å². The van der Waals surface area contributed by atoms with Crippen molar-refractivity contribution in [2.45, 2.75) is 39.2 Å². The molecule has 1 fully saturated rings. The summed E-state index contributed by atoms with van der Waals surface area (Å²) in [5.41, 5.74) is 0.616. The first-order valence-corrected chi connectivity index (χ1v) is 7.79. The molecule has 1 aromatic carbocycles. The zero-order valence-electron chi connectivity index (χ0n) is 13.7. The molecule has 0 radical (unpaired) electrons. The molecule has 1 saturated carbocycles. The van der Waals surface area contributed by atoms with Gasteiger partial charge in [-0.15, -0.1) is 0 Å². The van der Waals surface area contributed by atoms with Gasteiger partial charge in [0.1, 0.15) is 0 Å². The van der Waals surface area contributed by atoms with E-state index in [1.54, 1.807) is 25.3 Å². The Morgan fingerprint density at radius 2 is 1.91 bits per heavy atom. The molecule has 1 amide bonds. The second-order valence-electron chi connectivity index (χ2n) is 6.07. The third-order valence-electron chi connectivity index (χ3n) is 3.95. The summed E-state index contributed by atoms with van der Waals surface area (Å²) in [6, 6.07) is 5.20. The van der Waals surface area contributed by atoms with E-state index in [1.807, 2.05) is 13.8 Å². The van der Waals surface area contributed by atoms with E-state index in [9.17, 15) is 9.59 Å². The molecule has 0 saturated heterocycles. The molecular formula is C17H23NO5. The molecule has 0 aromatic heterocycles. The lowest BCUT2D eigenvalue weighted by Gasteiger charge is -2.16. The lowest BCUT2D eigenvalue weighted by atomic mass is 10.0. The van der Waals surface area contributed by atoms with E-state index in [2.05, 4.69) is 5.32 Å². The van der Waals surface area contributed by atoms with E-state index < -0.39 is 11.9 Å². The number of carbonyl (C=O) groups excluding carboxylic acids is 1. The van der Waals surface area contributed by atoms with Gasteiger partial charge < -0.3 is 19.9 Å². The molecule has 1 aliphatic carbocycles. The van der Waals surface area contributed by atoms with E-state index in [0.717, 1.165) is 0 Å². The molecule has 0 spiro atoms. The number of aliphatic carboxylic acids is 1. The van der Waals surface area contributed by atoms with Gasteiger partial charge in [-0.3, -0.25) is 9.59 Å². The number of methoxy groups -OCH3 is 1. The van der Waals surface area contributed by atoms with Gasteiger partial charge in [0.2, 0.25) is 5.91 Å². The van der Waals surface area contributed by atoms with Gasteiger partial charge >= 0.3 is 5.97 Å². The van der Waals surface area contributed by atoms with Gasteiger partial charge in [0.25, 0.3) is 0 Å². The van der Waals surface area contributed by atoms with Crippen LogP contribution in [0.25, 0.3) is 0 Å². The minimum atomic E-state index is -0.822. The molecule has 126 valence electrons. The van der Waals surface area contributed by atoms with E-state index >= 15 is 0 Å². The molecule has 2 atom stereocenters. The average Bonchev–Trinajstić information content (AvgIpc) is 2.97. The number of ether oxygens (including phenoxy) is 2. The highest BCUT2D eigenvalue weighted by Gasteiger charge is 2.33. The Bertz CT molecular complexity index is 584. The summed E-state index contributed by atoms with van der Waals surface area (Å²) in [6.07, 6.45) is 1.54. The molecule has 0 heterocycles. The lowest BCUT2D eigenvalue weighted by Crippen LogP contribution is -2.21. The fraction of sp³-hybridized carbons (Fsp3) is 0.529. The molecular weight excluding hydrogens is 298 g/mol. The molecule has 0 unspecified atom stereocenters. The van der Waals surface area contributed by atoms with Crippen LogP contribution < -0.4 is 14.8 Å². The number of benzene rings is 1. The normalized spacial score (nSPS) is 20.3. The van der Waals surface area contributed by atoms with Crippen molar-refractivity contribution in [3.8, 4) is 11.5 Å². The standard InChI is InChI=1S/C17H23NO5/c1-10(2)23-15-9-13(6-7-14(15)22-3)18-16(19)11-4-5-12(8-11)17(20)21/h6-7,9-12H,4-5,8H2,1-3H3,(H,18,19)(H,20,21)/t11-,12+/m1/s1. The number of hydrogen-bond donors (Lipinski definition) is 2. The van der Waals surface area contributed by atoms with E-state index in [-0.39, 0.29) is 17.9 Å². The second kappa shape index (κ2) is 7.35. The van der Waals surface area contributed by atoms with Crippen LogP contribution >= 0.6 is 0 Å². The van der Waals surface area contributed by atoms with Crippen LogP contribution in [0.15, 0.2) is 18.2 Å². The zero-order valence-corrected chi connectivity index (χ0v) is 13.7. The average molecular weight is 321 g/mol. The maximum absolute atomic E-state index is 12.3. The highest BCUT2D eigenvalue weighted by atomic mass is 16.5. The van der Waals surface area contributed by atoms with Gasteiger partial charge in [0.15, 0.2) is 11.5 Å². The van der Waals surface area contributed by atoms with E-state index in [4.69, 9.17) is 14.6 Å². The second-order valence-corrected chi connectivity index (χ2v) is 6.07. The molecule has 2 N–H and O–H groups in total. The molecule has 2 rings (SSSR count). The summed E-state index contributed by atoms with van der Waals surface area (Å²) in [7, 11) is 1.56. The molecule has 0 aliphatic heterocycles. The van der Waals surface area contributed by atoms with E-state index in [1.165, 1.54) is 0 Å². The number of nitrogens with one attached hydrogen (secondary N) is 1. The number of rotatable bonds is 6. The molecule has 6 nitrogen and oxygen atoms in total. The fourth-order valence-electron chi connectivity index (χ4n) is 2.79. The summed E-state index contributed by atoms with van der Waals surface area (Å²) in [5.74, 6) is -0.473. The first-order chi connectivity index (χ1) is 10.9. The van der Waals surface area contributed by atoms with Crippen LogP contribution in [-0.2, 0) is 9.59 Å². The van der Waals surface area contributed by atoms with Gasteiger partial charge in [-0.25, -0.2) is 0 Å². The van der Waals surface area contributed by atoms with Crippen LogP contribution in [-0.4, -0.2) is 30.2 Å². The fourth-order valence-corrected chi connectivity index (χ4v) is 2.79. The van der Waals surface area contributed by atoms with Crippen LogP contribution in [0.2, 0.25) is 0 Å². The number of carbonyl (C=O) groups is 2. The van der Waals surface area contributed by atoms with Crippen LogP contribution in [0.1, 0.15) is 33.1 Å². The zero-order chi connectivity index (χ0) is 17.0. The van der Waals surface area contributed by atoms with Crippen molar-refractivity contribution in [1.82, 2.24) is 0 Å². The van der Waals surface area contributed by atoms with Crippen molar-refractivity contribution in [2.24, 2.45) is 11.8 Å². The number of anilines is 1. The maximum Gasteiger partial charge on any atom is 0.306 e. The van der Waals surface area contributed by atoms with Crippen molar-refractivity contribution in [3.05, 3.63) is 18.2 Å². The van der Waals surface area contributed by atoms with Crippen molar-refractivity contribution >= 4 is 17.6 Å².